The molecule has 0 bridgehead atoms. The lowest BCUT2D eigenvalue weighted by atomic mass is 9.81. The van der Waals surface area contributed by atoms with E-state index in [0.717, 1.165) is 19.3 Å². The zero-order valence-electron chi connectivity index (χ0n) is 17.3. The summed E-state index contributed by atoms with van der Waals surface area (Å²) in [6.07, 6.45) is 3.04. The predicted octanol–water partition coefficient (Wildman–Crippen LogP) is 3.98. The van der Waals surface area contributed by atoms with Crippen LogP contribution in [-0.4, -0.2) is 49.2 Å². The van der Waals surface area contributed by atoms with E-state index in [2.05, 4.69) is 6.07 Å². The van der Waals surface area contributed by atoms with Gasteiger partial charge in [-0.2, -0.15) is 5.26 Å². The minimum Gasteiger partial charge on any atom is -0.493 e. The molecule has 0 aliphatic heterocycles. The lowest BCUT2D eigenvalue weighted by Gasteiger charge is -2.39. The second-order valence-electron chi connectivity index (χ2n) is 7.07. The molecule has 2 rings (SSSR count). The molecular weight excluding hydrogens is 396 g/mol. The van der Waals surface area contributed by atoms with Gasteiger partial charge >= 0.3 is 5.97 Å². The van der Waals surface area contributed by atoms with Crippen LogP contribution >= 0.6 is 11.6 Å². The van der Waals surface area contributed by atoms with Crippen LogP contribution in [0.15, 0.2) is 12.1 Å². The first-order valence-electron chi connectivity index (χ1n) is 9.70. The summed E-state index contributed by atoms with van der Waals surface area (Å²) in [6, 6.07) is 5.16. The number of rotatable bonds is 7. The minimum absolute atomic E-state index is 0.144. The van der Waals surface area contributed by atoms with Crippen molar-refractivity contribution in [1.29, 1.82) is 5.26 Å². The monoisotopic (exact) mass is 422 g/mol. The maximum atomic E-state index is 12.8. The number of halogens is 1. The summed E-state index contributed by atoms with van der Waals surface area (Å²) in [5, 5.41) is 9.88. The van der Waals surface area contributed by atoms with Crippen LogP contribution in [0.3, 0.4) is 0 Å². The van der Waals surface area contributed by atoms with E-state index in [1.54, 1.807) is 7.05 Å². The standard InChI is InChI=1S/C21H27ClN2O5/c1-5-28-18-16(22)11-15(12-17(18)27-4)20(26)29-14(2)19(25)24(3)21(13-23)9-7-6-8-10-21/h11-12,14H,5-10H2,1-4H3/t14-/m1/s1. The predicted molar refractivity (Wildman–Crippen MR) is 108 cm³/mol. The molecule has 1 atom stereocenters. The Labute approximate surface area is 176 Å². The van der Waals surface area contributed by atoms with Crippen LogP contribution < -0.4 is 9.47 Å². The molecule has 0 unspecified atom stereocenters. The van der Waals surface area contributed by atoms with Crippen LogP contribution in [0, 0.1) is 11.3 Å². The number of ether oxygens (including phenoxy) is 3. The number of hydrogen-bond donors (Lipinski definition) is 0. The van der Waals surface area contributed by atoms with Crippen molar-refractivity contribution >= 4 is 23.5 Å². The fourth-order valence-electron chi connectivity index (χ4n) is 3.54. The Morgan fingerprint density at radius 1 is 1.31 bits per heavy atom. The van der Waals surface area contributed by atoms with E-state index >= 15 is 0 Å². The highest BCUT2D eigenvalue weighted by atomic mass is 35.5. The molecule has 1 aliphatic carbocycles. The van der Waals surface area contributed by atoms with Gasteiger partial charge in [-0.15, -0.1) is 0 Å². The van der Waals surface area contributed by atoms with Crippen molar-refractivity contribution < 1.29 is 23.8 Å². The molecule has 0 N–H and O–H groups in total. The molecule has 0 spiro atoms. The molecule has 1 aromatic rings. The molecule has 1 fully saturated rings. The van der Waals surface area contributed by atoms with E-state index in [9.17, 15) is 14.9 Å². The van der Waals surface area contributed by atoms with Gasteiger partial charge in [0.1, 0.15) is 5.54 Å². The number of hydrogen-bond acceptors (Lipinski definition) is 6. The number of amides is 1. The Morgan fingerprint density at radius 3 is 2.52 bits per heavy atom. The number of likely N-dealkylation sites (N-methyl/N-ethyl adjacent to an activating group) is 1. The summed E-state index contributed by atoms with van der Waals surface area (Å²) in [5.41, 5.74) is -0.702. The third-order valence-corrected chi connectivity index (χ3v) is 5.53. The highest BCUT2D eigenvalue weighted by molar-refractivity contribution is 6.32. The minimum atomic E-state index is -1.05. The molecular formula is C21H27ClN2O5. The highest BCUT2D eigenvalue weighted by Crippen LogP contribution is 2.37. The van der Waals surface area contributed by atoms with Crippen molar-refractivity contribution in [1.82, 2.24) is 4.90 Å². The molecule has 1 amide bonds. The molecule has 0 radical (unpaired) electrons. The lowest BCUT2D eigenvalue weighted by Crippen LogP contribution is -2.53. The first-order chi connectivity index (χ1) is 13.8. The SMILES string of the molecule is CCOc1c(Cl)cc(C(=O)O[C@H](C)C(=O)N(C)C2(C#N)CCCCC2)cc1OC. The average molecular weight is 423 g/mol. The highest BCUT2D eigenvalue weighted by Gasteiger charge is 2.40. The normalized spacial score (nSPS) is 16.3. The van der Waals surface area contributed by atoms with E-state index in [0.29, 0.717) is 30.9 Å². The zero-order chi connectivity index (χ0) is 21.6. The smallest absolute Gasteiger partial charge is 0.339 e. The van der Waals surface area contributed by atoms with Gasteiger partial charge in [-0.3, -0.25) is 4.79 Å². The van der Waals surface area contributed by atoms with Gasteiger partial charge in [0.2, 0.25) is 0 Å². The van der Waals surface area contributed by atoms with E-state index in [1.165, 1.54) is 31.1 Å². The number of benzene rings is 1. The van der Waals surface area contributed by atoms with E-state index in [-0.39, 0.29) is 10.6 Å². The maximum absolute atomic E-state index is 12.8. The van der Waals surface area contributed by atoms with Crippen molar-refractivity contribution in [2.75, 3.05) is 20.8 Å². The Balaban J connectivity index is 2.14. The molecule has 29 heavy (non-hydrogen) atoms. The summed E-state index contributed by atoms with van der Waals surface area (Å²) in [7, 11) is 3.04. The van der Waals surface area contributed by atoms with Gasteiger partial charge in [-0.25, -0.2) is 4.79 Å². The fraction of sp³-hybridized carbons (Fsp3) is 0.571. The summed E-state index contributed by atoms with van der Waals surface area (Å²) in [5.74, 6) is -0.485. The first-order valence-corrected chi connectivity index (χ1v) is 10.1. The van der Waals surface area contributed by atoms with E-state index in [4.69, 9.17) is 25.8 Å². The van der Waals surface area contributed by atoms with Crippen LogP contribution in [0.2, 0.25) is 5.02 Å². The summed E-state index contributed by atoms with van der Waals surface area (Å²) in [4.78, 5) is 26.8. The zero-order valence-corrected chi connectivity index (χ0v) is 18.0. The molecule has 8 heteroatoms. The van der Waals surface area contributed by atoms with Gasteiger partial charge in [-0.1, -0.05) is 30.9 Å². The lowest BCUT2D eigenvalue weighted by molar-refractivity contribution is -0.143. The maximum Gasteiger partial charge on any atom is 0.339 e. The number of carbonyl (C=O) groups is 2. The second kappa shape index (κ2) is 9.84. The Morgan fingerprint density at radius 2 is 1.97 bits per heavy atom. The molecule has 7 nitrogen and oxygen atoms in total. The van der Waals surface area contributed by atoms with Crippen molar-refractivity contribution in [2.45, 2.75) is 57.6 Å². The summed E-state index contributed by atoms with van der Waals surface area (Å²) in [6.45, 7) is 3.69. The number of carbonyl (C=O) groups excluding carboxylic acids is 2. The average Bonchev–Trinajstić information content (AvgIpc) is 2.74. The fourth-order valence-corrected chi connectivity index (χ4v) is 3.81. The Bertz CT molecular complexity index is 799. The number of methoxy groups -OCH3 is 1. The second-order valence-corrected chi connectivity index (χ2v) is 7.48. The van der Waals surface area contributed by atoms with Gasteiger partial charge in [-0.05, 0) is 38.8 Å². The van der Waals surface area contributed by atoms with Crippen LogP contribution in [0.4, 0.5) is 0 Å². The summed E-state index contributed by atoms with van der Waals surface area (Å²) < 4.78 is 16.0. The van der Waals surface area contributed by atoms with Crippen LogP contribution in [0.5, 0.6) is 11.5 Å². The third-order valence-electron chi connectivity index (χ3n) is 5.25. The van der Waals surface area contributed by atoms with Gasteiger partial charge in [0.05, 0.1) is 30.4 Å². The van der Waals surface area contributed by atoms with E-state index < -0.39 is 23.5 Å². The Hall–Kier alpha value is -2.46. The largest absolute Gasteiger partial charge is 0.493 e. The van der Waals surface area contributed by atoms with Crippen molar-refractivity contribution in [3.05, 3.63) is 22.7 Å². The molecule has 0 saturated heterocycles. The molecule has 0 heterocycles. The molecule has 1 aliphatic rings. The number of nitriles is 1. The topological polar surface area (TPSA) is 88.9 Å². The molecule has 158 valence electrons. The molecule has 1 saturated carbocycles. The number of esters is 1. The summed E-state index contributed by atoms with van der Waals surface area (Å²) >= 11 is 6.20. The van der Waals surface area contributed by atoms with Crippen LogP contribution in [0.1, 0.15) is 56.3 Å². The van der Waals surface area contributed by atoms with Crippen molar-refractivity contribution in [3.8, 4) is 17.6 Å². The number of nitrogens with zero attached hydrogens (tertiary/aromatic N) is 2. The molecule has 0 aromatic heterocycles. The van der Waals surface area contributed by atoms with Gasteiger partial charge in [0, 0.05) is 7.05 Å². The van der Waals surface area contributed by atoms with Gasteiger partial charge < -0.3 is 19.1 Å². The van der Waals surface area contributed by atoms with Crippen LogP contribution in [-0.2, 0) is 9.53 Å². The van der Waals surface area contributed by atoms with E-state index in [1.807, 2.05) is 6.92 Å². The van der Waals surface area contributed by atoms with Crippen LogP contribution in [0.25, 0.3) is 0 Å². The first kappa shape index (κ1) is 22.8. The quantitative estimate of drug-likeness (QED) is 0.617. The van der Waals surface area contributed by atoms with Crippen molar-refractivity contribution in [2.24, 2.45) is 0 Å². The van der Waals surface area contributed by atoms with Gasteiger partial charge in [0.15, 0.2) is 17.6 Å². The Kier molecular flexibility index (Phi) is 7.74. The van der Waals surface area contributed by atoms with Gasteiger partial charge in [0.25, 0.3) is 5.91 Å². The third kappa shape index (κ3) is 4.94. The molecule has 1 aromatic carbocycles. The van der Waals surface area contributed by atoms with Crippen molar-refractivity contribution in [3.63, 3.8) is 0 Å².